The highest BCUT2D eigenvalue weighted by Gasteiger charge is 2.16. The van der Waals surface area contributed by atoms with Crippen molar-refractivity contribution >= 4 is 24.0 Å². The van der Waals surface area contributed by atoms with E-state index in [1.165, 1.54) is 0 Å². The van der Waals surface area contributed by atoms with Crippen molar-refractivity contribution in [3.63, 3.8) is 0 Å². The first-order valence-electron chi connectivity index (χ1n) is 11.4. The van der Waals surface area contributed by atoms with Gasteiger partial charge < -0.3 is 26.6 Å². The SMILES string of the molecule is Cl.NC1CCN(CCCCn2ccc(Nc3ccc(CNC4CNC4)cn3)nc2=O)CC1. The maximum Gasteiger partial charge on any atom is 0.349 e. The van der Waals surface area contributed by atoms with Crippen molar-refractivity contribution in [3.8, 4) is 0 Å². The summed E-state index contributed by atoms with van der Waals surface area (Å²) in [5.74, 6) is 1.20. The lowest BCUT2D eigenvalue weighted by atomic mass is 10.1. The number of nitrogens with two attached hydrogens (primary N) is 1. The molecule has 2 saturated heterocycles. The van der Waals surface area contributed by atoms with Crippen LogP contribution in [0, 0.1) is 0 Å². The first kappa shape index (κ1) is 24.6. The standard InChI is InChI=1S/C22H34N8O.ClH/c23-18-5-10-29(11-6-18)8-1-2-9-30-12-7-21(28-22(30)31)27-20-4-3-17(14-26-20)13-25-19-15-24-16-19;/h3-4,7,12,14,18-19,24-25H,1-2,5-6,8-11,13,15-16,23H2,(H,26,27,28,31);1H. The van der Waals surface area contributed by atoms with Crippen molar-refractivity contribution in [2.45, 2.75) is 50.9 Å². The molecule has 10 heteroatoms. The largest absolute Gasteiger partial charge is 0.349 e. The van der Waals surface area contributed by atoms with Crippen molar-refractivity contribution in [2.24, 2.45) is 5.73 Å². The molecule has 2 fully saturated rings. The number of halogens is 1. The summed E-state index contributed by atoms with van der Waals surface area (Å²) in [6.07, 6.45) is 7.87. The molecule has 2 aliphatic rings. The van der Waals surface area contributed by atoms with Gasteiger partial charge in [-0.25, -0.2) is 9.78 Å². The van der Waals surface area contributed by atoms with Gasteiger partial charge in [0.15, 0.2) is 0 Å². The number of rotatable bonds is 10. The fourth-order valence-electron chi connectivity index (χ4n) is 3.89. The van der Waals surface area contributed by atoms with Crippen LogP contribution >= 0.6 is 12.4 Å². The molecule has 0 atom stereocenters. The molecule has 0 bridgehead atoms. The number of aromatic nitrogens is 3. The predicted molar refractivity (Wildman–Crippen MR) is 130 cm³/mol. The third kappa shape index (κ3) is 7.25. The normalized spacial score (nSPS) is 17.5. The van der Waals surface area contributed by atoms with Gasteiger partial charge in [0.05, 0.1) is 0 Å². The molecule has 0 saturated carbocycles. The second-order valence-electron chi connectivity index (χ2n) is 8.59. The highest BCUT2D eigenvalue weighted by Crippen LogP contribution is 2.12. The lowest BCUT2D eigenvalue weighted by Crippen LogP contribution is -2.54. The summed E-state index contributed by atoms with van der Waals surface area (Å²) in [4.78, 5) is 23.4. The summed E-state index contributed by atoms with van der Waals surface area (Å²) in [5.41, 5.74) is 6.86. The Morgan fingerprint density at radius 3 is 2.53 bits per heavy atom. The predicted octanol–water partition coefficient (Wildman–Crippen LogP) is 1.07. The van der Waals surface area contributed by atoms with Crippen LogP contribution in [0.15, 0.2) is 35.4 Å². The minimum atomic E-state index is -0.233. The topological polar surface area (TPSA) is 113 Å². The van der Waals surface area contributed by atoms with Gasteiger partial charge in [-0.3, -0.25) is 4.57 Å². The van der Waals surface area contributed by atoms with E-state index >= 15 is 0 Å². The Hall–Kier alpha value is -2.04. The Kier molecular flexibility index (Phi) is 9.43. The van der Waals surface area contributed by atoms with Crippen molar-refractivity contribution in [2.75, 3.05) is 38.0 Å². The van der Waals surface area contributed by atoms with E-state index in [4.69, 9.17) is 5.73 Å². The number of pyridine rings is 1. The minimum absolute atomic E-state index is 0. The number of anilines is 2. The summed E-state index contributed by atoms with van der Waals surface area (Å²) in [6, 6.07) is 6.70. The molecule has 0 aromatic carbocycles. The van der Waals surface area contributed by atoms with Crippen molar-refractivity contribution in [3.05, 3.63) is 46.6 Å². The number of aryl methyl sites for hydroxylation is 1. The number of hydrogen-bond donors (Lipinski definition) is 4. The van der Waals surface area contributed by atoms with Crippen molar-refractivity contribution in [1.29, 1.82) is 0 Å². The van der Waals surface area contributed by atoms with Gasteiger partial charge >= 0.3 is 5.69 Å². The fraction of sp³-hybridized carbons (Fsp3) is 0.591. The molecule has 4 rings (SSSR count). The van der Waals surface area contributed by atoms with Gasteiger partial charge in [0.25, 0.3) is 0 Å². The third-order valence-electron chi connectivity index (χ3n) is 6.09. The van der Waals surface area contributed by atoms with Crippen LogP contribution in [0.5, 0.6) is 0 Å². The molecule has 0 unspecified atom stereocenters. The van der Waals surface area contributed by atoms with Crippen LogP contribution in [0.25, 0.3) is 0 Å². The molecule has 9 nitrogen and oxygen atoms in total. The zero-order valence-corrected chi connectivity index (χ0v) is 19.3. The van der Waals surface area contributed by atoms with E-state index in [2.05, 4.69) is 30.8 Å². The van der Waals surface area contributed by atoms with E-state index in [9.17, 15) is 4.79 Å². The Morgan fingerprint density at radius 1 is 1.09 bits per heavy atom. The number of nitrogens with zero attached hydrogens (tertiary/aromatic N) is 4. The summed E-state index contributed by atoms with van der Waals surface area (Å²) in [5, 5.41) is 9.83. The Bertz CT molecular complexity index is 878. The monoisotopic (exact) mass is 462 g/mol. The molecule has 0 radical (unpaired) electrons. The summed E-state index contributed by atoms with van der Waals surface area (Å²) >= 11 is 0. The highest BCUT2D eigenvalue weighted by atomic mass is 35.5. The summed E-state index contributed by atoms with van der Waals surface area (Å²) in [7, 11) is 0. The number of nitrogens with one attached hydrogen (secondary N) is 3. The molecule has 0 aliphatic carbocycles. The lowest BCUT2D eigenvalue weighted by Gasteiger charge is -2.29. The maximum atomic E-state index is 12.4. The van der Waals surface area contributed by atoms with Gasteiger partial charge in [0.1, 0.15) is 11.6 Å². The quantitative estimate of drug-likeness (QED) is 0.388. The van der Waals surface area contributed by atoms with E-state index in [1.807, 2.05) is 30.6 Å². The fourth-order valence-corrected chi connectivity index (χ4v) is 3.89. The zero-order valence-electron chi connectivity index (χ0n) is 18.5. The van der Waals surface area contributed by atoms with E-state index in [0.29, 0.717) is 30.3 Å². The van der Waals surface area contributed by atoms with E-state index in [1.54, 1.807) is 4.57 Å². The molecule has 2 aliphatic heterocycles. The first-order chi connectivity index (χ1) is 15.2. The van der Waals surface area contributed by atoms with Crippen molar-refractivity contribution < 1.29 is 0 Å². The maximum absolute atomic E-state index is 12.4. The third-order valence-corrected chi connectivity index (χ3v) is 6.09. The van der Waals surface area contributed by atoms with E-state index in [0.717, 1.165) is 70.5 Å². The highest BCUT2D eigenvalue weighted by molar-refractivity contribution is 5.85. The van der Waals surface area contributed by atoms with Gasteiger partial charge in [-0.15, -0.1) is 12.4 Å². The average molecular weight is 463 g/mol. The smallest absolute Gasteiger partial charge is 0.328 e. The molecule has 2 aromatic rings. The van der Waals surface area contributed by atoms with Gasteiger partial charge in [0.2, 0.25) is 0 Å². The Morgan fingerprint density at radius 2 is 1.88 bits per heavy atom. The molecule has 32 heavy (non-hydrogen) atoms. The molecule has 176 valence electrons. The van der Waals surface area contributed by atoms with Crippen LogP contribution in [-0.2, 0) is 13.1 Å². The van der Waals surface area contributed by atoms with Crippen LogP contribution in [0.3, 0.4) is 0 Å². The van der Waals surface area contributed by atoms with Gasteiger partial charge in [-0.1, -0.05) is 6.07 Å². The van der Waals surface area contributed by atoms with E-state index < -0.39 is 0 Å². The number of hydrogen-bond acceptors (Lipinski definition) is 8. The Labute approximate surface area is 195 Å². The van der Waals surface area contributed by atoms with Crippen LogP contribution in [0.4, 0.5) is 11.6 Å². The number of unbranched alkanes of at least 4 members (excludes halogenated alkanes) is 1. The second kappa shape index (κ2) is 12.3. The molecule has 0 amide bonds. The Balaban J connectivity index is 0.00000289. The van der Waals surface area contributed by atoms with Gasteiger partial charge in [0, 0.05) is 50.7 Å². The lowest BCUT2D eigenvalue weighted by molar-refractivity contribution is 0.208. The first-order valence-corrected chi connectivity index (χ1v) is 11.4. The summed E-state index contributed by atoms with van der Waals surface area (Å²) < 4.78 is 1.68. The van der Waals surface area contributed by atoms with Crippen LogP contribution in [0.2, 0.25) is 0 Å². The molecule has 4 heterocycles. The van der Waals surface area contributed by atoms with Gasteiger partial charge in [-0.05, 0) is 63.0 Å². The molecule has 0 spiro atoms. The van der Waals surface area contributed by atoms with Crippen LogP contribution in [-0.4, -0.2) is 64.2 Å². The molecular formula is C22H35ClN8O. The van der Waals surface area contributed by atoms with E-state index in [-0.39, 0.29) is 18.1 Å². The average Bonchev–Trinajstić information content (AvgIpc) is 2.74. The number of piperidine rings is 1. The van der Waals surface area contributed by atoms with Crippen molar-refractivity contribution in [1.82, 2.24) is 30.1 Å². The molecular weight excluding hydrogens is 428 g/mol. The van der Waals surface area contributed by atoms with Gasteiger partial charge in [-0.2, -0.15) is 4.98 Å². The molecule has 5 N–H and O–H groups in total. The van der Waals surface area contributed by atoms with Crippen LogP contribution < -0.4 is 27.4 Å². The second-order valence-corrected chi connectivity index (χ2v) is 8.59. The minimum Gasteiger partial charge on any atom is -0.328 e. The number of likely N-dealkylation sites (tertiary alicyclic amines) is 1. The zero-order chi connectivity index (χ0) is 21.5. The van der Waals surface area contributed by atoms with Crippen LogP contribution in [0.1, 0.15) is 31.2 Å². The summed E-state index contributed by atoms with van der Waals surface area (Å²) in [6.45, 7) is 6.80. The molecule has 2 aromatic heterocycles.